The Balaban J connectivity index is 1.42. The number of rotatable bonds is 9. The number of halogens is 2. The molecule has 3 aliphatic rings. The van der Waals surface area contributed by atoms with Crippen molar-refractivity contribution in [1.82, 2.24) is 5.32 Å². The van der Waals surface area contributed by atoms with Crippen molar-refractivity contribution in [3.63, 3.8) is 0 Å². The van der Waals surface area contributed by atoms with Crippen molar-refractivity contribution in [3.05, 3.63) is 27.2 Å². The topological polar surface area (TPSA) is 130 Å². The quantitative estimate of drug-likeness (QED) is 0.406. The summed E-state index contributed by atoms with van der Waals surface area (Å²) in [6, 6.07) is 0.548. The van der Waals surface area contributed by atoms with Crippen LogP contribution in [0.15, 0.2) is 6.07 Å². The zero-order valence-corrected chi connectivity index (χ0v) is 21.7. The van der Waals surface area contributed by atoms with Crippen molar-refractivity contribution in [2.75, 3.05) is 0 Å². The van der Waals surface area contributed by atoms with E-state index in [-0.39, 0.29) is 34.8 Å². The molecule has 1 amide bonds. The van der Waals surface area contributed by atoms with E-state index in [0.29, 0.717) is 42.9 Å². The lowest BCUT2D eigenvalue weighted by molar-refractivity contribution is -0.143. The molecule has 2 unspecified atom stereocenters. The number of benzene rings is 1. The molecule has 2 saturated carbocycles. The molecule has 0 spiro atoms. The maximum Gasteiger partial charge on any atom is 0.326 e. The first kappa shape index (κ1) is 26.7. The number of nitrogens with one attached hydrogen (secondary N) is 1. The normalized spacial score (nSPS) is 26.6. The monoisotopic (exact) mass is 539 g/mol. The predicted octanol–water partition coefficient (Wildman–Crippen LogP) is 4.91. The van der Waals surface area contributed by atoms with Crippen LogP contribution in [0.3, 0.4) is 0 Å². The summed E-state index contributed by atoms with van der Waals surface area (Å²) in [5, 5.41) is 21.0. The SMILES string of the molecule is CC1(C2CCCC2)Cc2cc(O[C@H]3CC[C@H](C(=O)NC(CCC(=O)O)C(=O)O)C3)c(Cl)c(Cl)c2C1=O. The van der Waals surface area contributed by atoms with E-state index in [9.17, 15) is 24.3 Å². The van der Waals surface area contributed by atoms with E-state index in [1.54, 1.807) is 6.07 Å². The standard InChI is InChI=1S/C26H31Cl2NO7/c1-26(15-4-2-3-5-15)12-14-11-18(21(27)22(28)20(14)23(26)32)36-16-7-6-13(10-16)24(33)29-17(25(34)35)8-9-19(30)31/h11,13,15-17H,2-10,12H2,1H3,(H,29,33)(H,30,31)(H,34,35)/t13-,16-,17?,26?/m0/s1. The number of carboxylic acids is 2. The molecule has 0 aliphatic heterocycles. The third kappa shape index (κ3) is 5.21. The van der Waals surface area contributed by atoms with Gasteiger partial charge in [-0.25, -0.2) is 4.79 Å². The van der Waals surface area contributed by atoms with Crippen molar-refractivity contribution in [3.8, 4) is 5.75 Å². The fourth-order valence-electron chi connectivity index (χ4n) is 6.06. The minimum atomic E-state index is -1.27. The number of carboxylic acid groups (broad SMARTS) is 2. The molecule has 1 aromatic rings. The average molecular weight is 540 g/mol. The molecule has 196 valence electrons. The van der Waals surface area contributed by atoms with Crippen LogP contribution < -0.4 is 10.1 Å². The zero-order valence-electron chi connectivity index (χ0n) is 20.1. The summed E-state index contributed by atoms with van der Waals surface area (Å²) in [6.07, 6.45) is 5.50. The molecule has 3 aliphatic carbocycles. The van der Waals surface area contributed by atoms with Crippen LogP contribution in [0, 0.1) is 17.3 Å². The molecule has 36 heavy (non-hydrogen) atoms. The van der Waals surface area contributed by atoms with Gasteiger partial charge >= 0.3 is 11.9 Å². The van der Waals surface area contributed by atoms with E-state index in [2.05, 4.69) is 5.32 Å². The average Bonchev–Trinajstić information content (AvgIpc) is 3.56. The Bertz CT molecular complexity index is 1080. The van der Waals surface area contributed by atoms with Crippen LogP contribution in [0.5, 0.6) is 5.75 Å². The highest BCUT2D eigenvalue weighted by atomic mass is 35.5. The smallest absolute Gasteiger partial charge is 0.326 e. The van der Waals surface area contributed by atoms with Gasteiger partial charge in [-0.2, -0.15) is 0 Å². The summed E-state index contributed by atoms with van der Waals surface area (Å²) in [5.74, 6) is -2.52. The van der Waals surface area contributed by atoms with E-state index in [4.69, 9.17) is 33.0 Å². The van der Waals surface area contributed by atoms with E-state index in [1.165, 1.54) is 0 Å². The number of amides is 1. The summed E-state index contributed by atoms with van der Waals surface area (Å²) in [7, 11) is 0. The lowest BCUT2D eigenvalue weighted by Gasteiger charge is -2.29. The minimum Gasteiger partial charge on any atom is -0.489 e. The number of hydrogen-bond donors (Lipinski definition) is 3. The molecule has 1 aromatic carbocycles. The van der Waals surface area contributed by atoms with Gasteiger partial charge < -0.3 is 20.3 Å². The van der Waals surface area contributed by atoms with Gasteiger partial charge in [-0.1, -0.05) is 43.0 Å². The van der Waals surface area contributed by atoms with Crippen molar-refractivity contribution in [2.24, 2.45) is 17.3 Å². The molecule has 4 rings (SSSR count). The second kappa shape index (κ2) is 10.6. The number of fused-ring (bicyclic) bond motifs is 1. The number of hydrogen-bond acceptors (Lipinski definition) is 5. The van der Waals surface area contributed by atoms with Gasteiger partial charge in [0, 0.05) is 23.3 Å². The highest BCUT2D eigenvalue weighted by Crippen LogP contribution is 2.52. The summed E-state index contributed by atoms with van der Waals surface area (Å²) in [5.41, 5.74) is 0.851. The Labute approximate surface area is 219 Å². The largest absolute Gasteiger partial charge is 0.489 e. The Kier molecular flexibility index (Phi) is 7.86. The molecular weight excluding hydrogens is 509 g/mol. The molecule has 0 aromatic heterocycles. The lowest BCUT2D eigenvalue weighted by Crippen LogP contribution is -2.43. The molecule has 0 saturated heterocycles. The maximum absolute atomic E-state index is 13.4. The Morgan fingerprint density at radius 2 is 1.83 bits per heavy atom. The number of carbonyl (C=O) groups is 4. The van der Waals surface area contributed by atoms with Crippen LogP contribution in [0.2, 0.25) is 10.0 Å². The third-order valence-corrected chi connectivity index (χ3v) is 8.97. The van der Waals surface area contributed by atoms with Crippen molar-refractivity contribution >= 4 is 46.8 Å². The zero-order chi connectivity index (χ0) is 26.2. The molecule has 0 heterocycles. The van der Waals surface area contributed by atoms with Crippen LogP contribution in [-0.4, -0.2) is 46.0 Å². The van der Waals surface area contributed by atoms with Crippen molar-refractivity contribution in [1.29, 1.82) is 0 Å². The second-order valence-electron chi connectivity index (χ2n) is 10.5. The van der Waals surface area contributed by atoms with E-state index < -0.39 is 35.2 Å². The summed E-state index contributed by atoms with van der Waals surface area (Å²) in [4.78, 5) is 48.2. The number of ether oxygens (including phenoxy) is 1. The van der Waals surface area contributed by atoms with Crippen LogP contribution in [0.1, 0.15) is 80.6 Å². The first-order valence-electron chi connectivity index (χ1n) is 12.5. The fourth-order valence-corrected chi connectivity index (χ4v) is 6.55. The summed E-state index contributed by atoms with van der Waals surface area (Å²) >= 11 is 13.1. The van der Waals surface area contributed by atoms with Crippen LogP contribution in [0.4, 0.5) is 0 Å². The molecule has 3 N–H and O–H groups in total. The lowest BCUT2D eigenvalue weighted by atomic mass is 9.73. The van der Waals surface area contributed by atoms with Crippen molar-refractivity contribution < 1.29 is 34.1 Å². The number of Topliss-reactive ketones (excluding diaryl/α,β-unsaturated/α-hetero) is 1. The Morgan fingerprint density at radius 3 is 2.47 bits per heavy atom. The molecule has 2 fully saturated rings. The highest BCUT2D eigenvalue weighted by molar-refractivity contribution is 6.45. The van der Waals surface area contributed by atoms with Crippen LogP contribution in [0.25, 0.3) is 0 Å². The van der Waals surface area contributed by atoms with E-state index in [0.717, 1.165) is 31.2 Å². The van der Waals surface area contributed by atoms with E-state index >= 15 is 0 Å². The predicted molar refractivity (Wildman–Crippen MR) is 133 cm³/mol. The molecule has 8 nitrogen and oxygen atoms in total. The van der Waals surface area contributed by atoms with Crippen molar-refractivity contribution in [2.45, 2.75) is 83.3 Å². The van der Waals surface area contributed by atoms with Gasteiger partial charge in [-0.3, -0.25) is 14.4 Å². The highest BCUT2D eigenvalue weighted by Gasteiger charge is 2.49. The van der Waals surface area contributed by atoms with E-state index in [1.807, 2.05) is 6.92 Å². The molecule has 10 heteroatoms. The number of carbonyl (C=O) groups excluding carboxylic acids is 2. The first-order chi connectivity index (χ1) is 17.0. The number of ketones is 1. The van der Waals surface area contributed by atoms with Gasteiger partial charge in [0.2, 0.25) is 5.91 Å². The molecule has 0 bridgehead atoms. The Morgan fingerprint density at radius 1 is 1.14 bits per heavy atom. The molecular formula is C26H31Cl2NO7. The molecule has 0 radical (unpaired) electrons. The van der Waals surface area contributed by atoms with Gasteiger partial charge in [0.05, 0.1) is 11.1 Å². The van der Waals surface area contributed by atoms with Gasteiger partial charge in [0.15, 0.2) is 5.78 Å². The van der Waals surface area contributed by atoms with Crippen LogP contribution >= 0.6 is 23.2 Å². The van der Waals surface area contributed by atoms with Gasteiger partial charge in [0.1, 0.15) is 16.8 Å². The second-order valence-corrected chi connectivity index (χ2v) is 11.3. The number of aliphatic carboxylic acids is 2. The van der Waals surface area contributed by atoms with Crippen LogP contribution in [-0.2, 0) is 20.8 Å². The molecule has 4 atom stereocenters. The first-order valence-corrected chi connectivity index (χ1v) is 13.2. The maximum atomic E-state index is 13.4. The Hall–Kier alpha value is -2.32. The van der Waals surface area contributed by atoms with Gasteiger partial charge in [0.25, 0.3) is 0 Å². The third-order valence-electron chi connectivity index (χ3n) is 8.13. The summed E-state index contributed by atoms with van der Waals surface area (Å²) in [6.45, 7) is 2.02. The summed E-state index contributed by atoms with van der Waals surface area (Å²) < 4.78 is 6.15. The van der Waals surface area contributed by atoms with Gasteiger partial charge in [-0.15, -0.1) is 0 Å². The fraction of sp³-hybridized carbons (Fsp3) is 0.615. The van der Waals surface area contributed by atoms with Gasteiger partial charge in [-0.05, 0) is 62.5 Å². The minimum absolute atomic E-state index is 0.0522.